The van der Waals surface area contributed by atoms with E-state index in [1.165, 1.54) is 0 Å². The molecule has 2 aromatic rings. The number of halogens is 2. The molecule has 0 amide bonds. The number of esters is 1. The average molecular weight is 428 g/mol. The Kier molecular flexibility index (Phi) is 6.03. The summed E-state index contributed by atoms with van der Waals surface area (Å²) >= 11 is 6.82. The van der Waals surface area contributed by atoms with Gasteiger partial charge in [0, 0.05) is 4.47 Å². The van der Waals surface area contributed by atoms with Gasteiger partial charge in [0.25, 0.3) is 0 Å². The van der Waals surface area contributed by atoms with Gasteiger partial charge in [-0.3, -0.25) is 0 Å². The highest BCUT2D eigenvalue weighted by molar-refractivity contribution is 9.11. The van der Waals surface area contributed by atoms with Gasteiger partial charge >= 0.3 is 5.97 Å². The van der Waals surface area contributed by atoms with Crippen molar-refractivity contribution in [3.63, 3.8) is 0 Å². The molecule has 5 heteroatoms. The fraction of sp³-hybridized carbons (Fsp3) is 0.235. The molecule has 0 heterocycles. The summed E-state index contributed by atoms with van der Waals surface area (Å²) in [6.45, 7) is 4.54. The lowest BCUT2D eigenvalue weighted by Gasteiger charge is -2.11. The summed E-state index contributed by atoms with van der Waals surface area (Å²) in [5, 5.41) is 0. The lowest BCUT2D eigenvalue weighted by molar-refractivity contribution is 0.0731. The fourth-order valence-electron chi connectivity index (χ4n) is 1.90. The Labute approximate surface area is 146 Å². The predicted octanol–water partition coefficient (Wildman–Crippen LogP) is 5.53. The SMILES string of the molecule is CCCOc1cccc(C(=O)Oc2c(C)cc(Br)cc2Br)c1. The first-order valence-electron chi connectivity index (χ1n) is 6.92. The lowest BCUT2D eigenvalue weighted by Crippen LogP contribution is -2.10. The van der Waals surface area contributed by atoms with Crippen LogP contribution in [0.25, 0.3) is 0 Å². The van der Waals surface area contributed by atoms with E-state index in [0.717, 1.165) is 20.9 Å². The van der Waals surface area contributed by atoms with E-state index in [-0.39, 0.29) is 0 Å². The van der Waals surface area contributed by atoms with Crippen molar-refractivity contribution < 1.29 is 14.3 Å². The molecule has 22 heavy (non-hydrogen) atoms. The quantitative estimate of drug-likeness (QED) is 0.465. The summed E-state index contributed by atoms with van der Waals surface area (Å²) in [5.74, 6) is 0.782. The van der Waals surface area contributed by atoms with Crippen molar-refractivity contribution in [1.29, 1.82) is 0 Å². The van der Waals surface area contributed by atoms with Gasteiger partial charge in [-0.15, -0.1) is 0 Å². The van der Waals surface area contributed by atoms with Gasteiger partial charge in [-0.2, -0.15) is 0 Å². The molecule has 0 saturated heterocycles. The maximum atomic E-state index is 12.3. The van der Waals surface area contributed by atoms with Gasteiger partial charge in [0.05, 0.1) is 16.6 Å². The number of rotatable bonds is 5. The third kappa shape index (κ3) is 4.34. The Morgan fingerprint density at radius 2 is 1.95 bits per heavy atom. The molecule has 3 nitrogen and oxygen atoms in total. The van der Waals surface area contributed by atoms with Crippen LogP contribution in [0.1, 0.15) is 29.3 Å². The normalized spacial score (nSPS) is 10.4. The van der Waals surface area contributed by atoms with Crippen LogP contribution < -0.4 is 9.47 Å². The Balaban J connectivity index is 2.19. The van der Waals surface area contributed by atoms with Crippen molar-refractivity contribution in [1.82, 2.24) is 0 Å². The third-order valence-corrected chi connectivity index (χ3v) is 3.98. The van der Waals surface area contributed by atoms with Crippen LogP contribution in [0.2, 0.25) is 0 Å². The smallest absolute Gasteiger partial charge is 0.343 e. The number of carbonyl (C=O) groups is 1. The van der Waals surface area contributed by atoms with Crippen LogP contribution >= 0.6 is 31.9 Å². The molecule has 0 N–H and O–H groups in total. The summed E-state index contributed by atoms with van der Waals surface area (Å²) < 4.78 is 12.7. The molecule has 0 saturated carbocycles. The minimum Gasteiger partial charge on any atom is -0.494 e. The minimum absolute atomic E-state index is 0.409. The van der Waals surface area contributed by atoms with Gasteiger partial charge in [0.15, 0.2) is 0 Å². The molecule has 0 unspecified atom stereocenters. The highest BCUT2D eigenvalue weighted by Gasteiger charge is 2.14. The third-order valence-electron chi connectivity index (χ3n) is 2.93. The zero-order chi connectivity index (χ0) is 16.1. The molecule has 116 valence electrons. The fourth-order valence-corrected chi connectivity index (χ4v) is 3.42. The Bertz CT molecular complexity index is 660. The first kappa shape index (κ1) is 17.0. The van der Waals surface area contributed by atoms with Crippen molar-refractivity contribution in [2.45, 2.75) is 20.3 Å². The Morgan fingerprint density at radius 1 is 1.18 bits per heavy atom. The second kappa shape index (κ2) is 7.79. The van der Waals surface area contributed by atoms with Gasteiger partial charge in [0.2, 0.25) is 0 Å². The van der Waals surface area contributed by atoms with Crippen LogP contribution in [0.4, 0.5) is 0 Å². The molecule has 0 fully saturated rings. The van der Waals surface area contributed by atoms with Gasteiger partial charge in [-0.05, 0) is 65.2 Å². The number of hydrogen-bond acceptors (Lipinski definition) is 3. The van der Waals surface area contributed by atoms with E-state index in [1.54, 1.807) is 18.2 Å². The van der Waals surface area contributed by atoms with E-state index in [0.29, 0.717) is 23.7 Å². The summed E-state index contributed by atoms with van der Waals surface area (Å²) in [7, 11) is 0. The minimum atomic E-state index is -0.409. The second-order valence-corrected chi connectivity index (χ2v) is 6.57. The van der Waals surface area contributed by atoms with Crippen molar-refractivity contribution in [2.24, 2.45) is 0 Å². The van der Waals surface area contributed by atoms with Crippen molar-refractivity contribution in [2.75, 3.05) is 6.61 Å². The molecule has 0 aliphatic heterocycles. The average Bonchev–Trinajstić information content (AvgIpc) is 2.49. The molecule has 2 aromatic carbocycles. The molecule has 0 radical (unpaired) electrons. The largest absolute Gasteiger partial charge is 0.494 e. The zero-order valence-electron chi connectivity index (χ0n) is 12.4. The molecule has 0 aliphatic carbocycles. The maximum absolute atomic E-state index is 12.3. The molecule has 0 aromatic heterocycles. The van der Waals surface area contributed by atoms with Crippen LogP contribution in [0.3, 0.4) is 0 Å². The van der Waals surface area contributed by atoms with Crippen LogP contribution in [0, 0.1) is 6.92 Å². The number of hydrogen-bond donors (Lipinski definition) is 0. The molecule has 0 atom stereocenters. The standard InChI is InChI=1S/C17H16Br2O3/c1-3-7-21-14-6-4-5-12(9-14)17(20)22-16-11(2)8-13(18)10-15(16)19/h4-6,8-10H,3,7H2,1-2H3. The van der Waals surface area contributed by atoms with Crippen molar-refractivity contribution in [3.05, 3.63) is 56.5 Å². The summed E-state index contributed by atoms with van der Waals surface area (Å²) in [5.41, 5.74) is 1.33. The van der Waals surface area contributed by atoms with E-state index in [2.05, 4.69) is 31.9 Å². The van der Waals surface area contributed by atoms with Gasteiger partial charge in [0.1, 0.15) is 11.5 Å². The van der Waals surface area contributed by atoms with Gasteiger partial charge in [-0.1, -0.05) is 28.9 Å². The Hall–Kier alpha value is -1.33. The van der Waals surface area contributed by atoms with Crippen LogP contribution in [-0.2, 0) is 0 Å². The highest BCUT2D eigenvalue weighted by Crippen LogP contribution is 2.33. The van der Waals surface area contributed by atoms with Gasteiger partial charge in [-0.25, -0.2) is 4.79 Å². The zero-order valence-corrected chi connectivity index (χ0v) is 15.5. The van der Waals surface area contributed by atoms with E-state index in [1.807, 2.05) is 32.0 Å². The van der Waals surface area contributed by atoms with E-state index < -0.39 is 5.97 Å². The van der Waals surface area contributed by atoms with Crippen LogP contribution in [-0.4, -0.2) is 12.6 Å². The van der Waals surface area contributed by atoms with Crippen molar-refractivity contribution in [3.8, 4) is 11.5 Å². The summed E-state index contributed by atoms with van der Waals surface area (Å²) in [6.07, 6.45) is 0.916. The van der Waals surface area contributed by atoms with E-state index in [9.17, 15) is 4.79 Å². The summed E-state index contributed by atoms with van der Waals surface area (Å²) in [4.78, 5) is 12.3. The summed E-state index contributed by atoms with van der Waals surface area (Å²) in [6, 6.07) is 10.8. The number of benzene rings is 2. The first-order chi connectivity index (χ1) is 10.5. The molecule has 0 aliphatic rings. The van der Waals surface area contributed by atoms with Crippen LogP contribution in [0.15, 0.2) is 45.3 Å². The number of ether oxygens (including phenoxy) is 2. The number of aryl methyl sites for hydroxylation is 1. The molecular weight excluding hydrogens is 412 g/mol. The van der Waals surface area contributed by atoms with E-state index >= 15 is 0 Å². The molecule has 2 rings (SSSR count). The Morgan fingerprint density at radius 3 is 2.64 bits per heavy atom. The monoisotopic (exact) mass is 426 g/mol. The highest BCUT2D eigenvalue weighted by atomic mass is 79.9. The molecular formula is C17H16Br2O3. The lowest BCUT2D eigenvalue weighted by atomic mass is 10.2. The predicted molar refractivity (Wildman–Crippen MR) is 93.8 cm³/mol. The van der Waals surface area contributed by atoms with Crippen molar-refractivity contribution >= 4 is 37.8 Å². The molecule has 0 spiro atoms. The van der Waals surface area contributed by atoms with Crippen LogP contribution in [0.5, 0.6) is 11.5 Å². The molecule has 0 bridgehead atoms. The van der Waals surface area contributed by atoms with Gasteiger partial charge < -0.3 is 9.47 Å². The number of carbonyl (C=O) groups excluding carboxylic acids is 1. The topological polar surface area (TPSA) is 35.5 Å². The first-order valence-corrected chi connectivity index (χ1v) is 8.50. The second-order valence-electron chi connectivity index (χ2n) is 4.80. The maximum Gasteiger partial charge on any atom is 0.343 e. The van der Waals surface area contributed by atoms with E-state index in [4.69, 9.17) is 9.47 Å².